The lowest BCUT2D eigenvalue weighted by atomic mass is 9.91. The molecular weight excluding hydrogens is 148 g/mol. The topological polar surface area (TPSA) is 9.23 Å². The maximum atomic E-state index is 5.62. The van der Waals surface area contributed by atoms with Crippen molar-refractivity contribution >= 4 is 0 Å². The number of benzene rings is 1. The van der Waals surface area contributed by atoms with Crippen LogP contribution in [0.5, 0.6) is 0 Å². The number of ether oxygens (including phenoxy) is 1. The molecule has 0 bridgehead atoms. The molecule has 2 rings (SSSR count). The van der Waals surface area contributed by atoms with Crippen LogP contribution < -0.4 is 0 Å². The zero-order valence-electron chi connectivity index (χ0n) is 7.58. The molecule has 1 heterocycles. The van der Waals surface area contributed by atoms with Crippen LogP contribution in [-0.4, -0.2) is 6.61 Å². The summed E-state index contributed by atoms with van der Waals surface area (Å²) in [6.45, 7) is 5.19. The molecule has 0 N–H and O–H groups in total. The van der Waals surface area contributed by atoms with Crippen LogP contribution in [0.25, 0.3) is 0 Å². The molecule has 1 aromatic rings. The van der Waals surface area contributed by atoms with Gasteiger partial charge in [-0.05, 0) is 18.1 Å². The maximum Gasteiger partial charge on any atom is 0.0799 e. The molecule has 0 unspecified atom stereocenters. The molecule has 1 aromatic carbocycles. The molecule has 1 heteroatoms. The van der Waals surface area contributed by atoms with Crippen molar-refractivity contribution in [2.75, 3.05) is 6.61 Å². The van der Waals surface area contributed by atoms with E-state index in [0.29, 0.717) is 5.92 Å². The summed E-state index contributed by atoms with van der Waals surface area (Å²) in [4.78, 5) is 0. The second-order valence-corrected chi connectivity index (χ2v) is 3.51. The molecule has 0 fully saturated rings. The van der Waals surface area contributed by atoms with Gasteiger partial charge in [-0.25, -0.2) is 0 Å². The molecule has 1 nitrogen and oxygen atoms in total. The fourth-order valence-electron chi connectivity index (χ4n) is 1.80. The van der Waals surface area contributed by atoms with Crippen molar-refractivity contribution in [2.24, 2.45) is 0 Å². The van der Waals surface area contributed by atoms with Crippen molar-refractivity contribution in [1.82, 2.24) is 0 Å². The quantitative estimate of drug-likeness (QED) is 0.570. The molecule has 64 valence electrons. The van der Waals surface area contributed by atoms with E-state index < -0.39 is 0 Å². The van der Waals surface area contributed by atoms with Crippen molar-refractivity contribution in [2.45, 2.75) is 25.9 Å². The van der Waals surface area contributed by atoms with Gasteiger partial charge < -0.3 is 4.74 Å². The van der Waals surface area contributed by atoms with Crippen LogP contribution in [0.3, 0.4) is 0 Å². The predicted octanol–water partition coefficient (Wildman–Crippen LogP) is 2.88. The SMILES string of the molecule is C[C@@H]1CO[C@@H](C)c2ccccc21. The normalized spacial score (nSPS) is 28.2. The molecule has 0 saturated carbocycles. The van der Waals surface area contributed by atoms with Crippen LogP contribution in [0.1, 0.15) is 37.0 Å². The molecule has 0 radical (unpaired) electrons. The Morgan fingerprint density at radius 1 is 1.17 bits per heavy atom. The van der Waals surface area contributed by atoms with E-state index in [4.69, 9.17) is 4.74 Å². The minimum atomic E-state index is 0.275. The predicted molar refractivity (Wildman–Crippen MR) is 49.2 cm³/mol. The number of rotatable bonds is 0. The van der Waals surface area contributed by atoms with E-state index in [1.807, 2.05) is 0 Å². The van der Waals surface area contributed by atoms with Gasteiger partial charge in [0.1, 0.15) is 0 Å². The first-order chi connectivity index (χ1) is 5.79. The van der Waals surface area contributed by atoms with Gasteiger partial charge in [-0.1, -0.05) is 31.2 Å². The first-order valence-corrected chi connectivity index (χ1v) is 4.49. The summed E-state index contributed by atoms with van der Waals surface area (Å²) in [5, 5.41) is 0. The third-order valence-corrected chi connectivity index (χ3v) is 2.56. The van der Waals surface area contributed by atoms with Crippen LogP contribution in [0.15, 0.2) is 24.3 Å². The molecule has 0 aromatic heterocycles. The zero-order chi connectivity index (χ0) is 8.55. The summed E-state index contributed by atoms with van der Waals surface area (Å²) in [7, 11) is 0. The fourth-order valence-corrected chi connectivity index (χ4v) is 1.80. The van der Waals surface area contributed by atoms with Gasteiger partial charge in [0.05, 0.1) is 12.7 Å². The van der Waals surface area contributed by atoms with E-state index >= 15 is 0 Å². The summed E-state index contributed by atoms with van der Waals surface area (Å²) in [6.07, 6.45) is 0.275. The molecule has 1 aliphatic rings. The summed E-state index contributed by atoms with van der Waals surface area (Å²) in [6, 6.07) is 8.55. The number of fused-ring (bicyclic) bond motifs is 1. The first-order valence-electron chi connectivity index (χ1n) is 4.49. The lowest BCUT2D eigenvalue weighted by Crippen LogP contribution is -2.17. The van der Waals surface area contributed by atoms with Gasteiger partial charge in [0.2, 0.25) is 0 Å². The minimum absolute atomic E-state index is 0.275. The Morgan fingerprint density at radius 2 is 1.83 bits per heavy atom. The zero-order valence-corrected chi connectivity index (χ0v) is 7.58. The largest absolute Gasteiger partial charge is 0.373 e. The van der Waals surface area contributed by atoms with E-state index in [-0.39, 0.29) is 6.10 Å². The van der Waals surface area contributed by atoms with Crippen LogP contribution in [0, 0.1) is 0 Å². The van der Waals surface area contributed by atoms with Crippen molar-refractivity contribution in [3.05, 3.63) is 35.4 Å². The van der Waals surface area contributed by atoms with Gasteiger partial charge in [-0.3, -0.25) is 0 Å². The fraction of sp³-hybridized carbons (Fsp3) is 0.455. The van der Waals surface area contributed by atoms with Gasteiger partial charge in [0.15, 0.2) is 0 Å². The van der Waals surface area contributed by atoms with Crippen molar-refractivity contribution in [3.8, 4) is 0 Å². The highest BCUT2D eigenvalue weighted by Gasteiger charge is 2.20. The smallest absolute Gasteiger partial charge is 0.0799 e. The van der Waals surface area contributed by atoms with E-state index in [0.717, 1.165) is 6.61 Å². The van der Waals surface area contributed by atoms with E-state index in [2.05, 4.69) is 38.1 Å². The highest BCUT2D eigenvalue weighted by atomic mass is 16.5. The van der Waals surface area contributed by atoms with Crippen LogP contribution in [-0.2, 0) is 4.74 Å². The average molecular weight is 162 g/mol. The van der Waals surface area contributed by atoms with Crippen LogP contribution >= 0.6 is 0 Å². The summed E-state index contributed by atoms with van der Waals surface area (Å²) in [5.41, 5.74) is 2.81. The second-order valence-electron chi connectivity index (χ2n) is 3.51. The van der Waals surface area contributed by atoms with E-state index in [9.17, 15) is 0 Å². The Hall–Kier alpha value is -0.820. The molecule has 0 amide bonds. The summed E-state index contributed by atoms with van der Waals surface area (Å²) in [5.74, 6) is 0.553. The number of hydrogen-bond donors (Lipinski definition) is 0. The van der Waals surface area contributed by atoms with Gasteiger partial charge in [0.25, 0.3) is 0 Å². The number of hydrogen-bond acceptors (Lipinski definition) is 1. The van der Waals surface area contributed by atoms with Crippen LogP contribution in [0.2, 0.25) is 0 Å². The monoisotopic (exact) mass is 162 g/mol. The highest BCUT2D eigenvalue weighted by molar-refractivity contribution is 5.33. The van der Waals surface area contributed by atoms with Crippen molar-refractivity contribution in [1.29, 1.82) is 0 Å². The Kier molecular flexibility index (Phi) is 1.89. The van der Waals surface area contributed by atoms with E-state index in [1.165, 1.54) is 11.1 Å². The Morgan fingerprint density at radius 3 is 2.50 bits per heavy atom. The van der Waals surface area contributed by atoms with Crippen LogP contribution in [0.4, 0.5) is 0 Å². The molecule has 0 saturated heterocycles. The van der Waals surface area contributed by atoms with Gasteiger partial charge in [-0.15, -0.1) is 0 Å². The van der Waals surface area contributed by atoms with Crippen molar-refractivity contribution < 1.29 is 4.74 Å². The maximum absolute atomic E-state index is 5.62. The molecular formula is C11H14O. The summed E-state index contributed by atoms with van der Waals surface area (Å²) < 4.78 is 5.62. The van der Waals surface area contributed by atoms with E-state index in [1.54, 1.807) is 0 Å². The lowest BCUT2D eigenvalue weighted by molar-refractivity contribution is 0.0429. The third-order valence-electron chi connectivity index (χ3n) is 2.56. The standard InChI is InChI=1S/C11H14O/c1-8-7-12-9(2)11-6-4-3-5-10(8)11/h3-6,8-9H,7H2,1-2H3/t8-,9+/m1/s1. The summed E-state index contributed by atoms with van der Waals surface area (Å²) >= 11 is 0. The van der Waals surface area contributed by atoms with Gasteiger partial charge in [-0.2, -0.15) is 0 Å². The molecule has 12 heavy (non-hydrogen) atoms. The van der Waals surface area contributed by atoms with Gasteiger partial charge in [0, 0.05) is 5.92 Å². The molecule has 0 aliphatic carbocycles. The third kappa shape index (κ3) is 1.14. The van der Waals surface area contributed by atoms with Crippen molar-refractivity contribution in [3.63, 3.8) is 0 Å². The Bertz CT molecular complexity index is 251. The lowest BCUT2D eigenvalue weighted by Gasteiger charge is -2.27. The average Bonchev–Trinajstić information content (AvgIpc) is 2.12. The minimum Gasteiger partial charge on any atom is -0.373 e. The Balaban J connectivity index is 2.47. The molecule has 1 aliphatic heterocycles. The molecule has 2 atom stereocenters. The first kappa shape index (κ1) is 7.81. The molecule has 0 spiro atoms. The highest BCUT2D eigenvalue weighted by Crippen LogP contribution is 2.32. The second kappa shape index (κ2) is 2.91. The Labute approximate surface area is 73.4 Å². The van der Waals surface area contributed by atoms with Gasteiger partial charge >= 0.3 is 0 Å².